The first-order valence-corrected chi connectivity index (χ1v) is 3.91. The molecule has 0 N–H and O–H groups in total. The average Bonchev–Trinajstić information content (AvgIpc) is 2.33. The topological polar surface area (TPSA) is 12.4 Å². The minimum atomic E-state index is 0.366. The van der Waals surface area contributed by atoms with Gasteiger partial charge >= 0.3 is 0 Å². The fraction of sp³-hybridized carbons (Fsp3) is 0.300. The highest BCUT2D eigenvalue weighted by Gasteiger charge is 2.12. The maximum Gasteiger partial charge on any atom is 0.0727 e. The first-order chi connectivity index (χ1) is 5.27. The number of fused-ring (bicyclic) bond motifs is 1. The number of hydrogen-bond donors (Lipinski definition) is 0. The smallest absolute Gasteiger partial charge is 0.0727 e. The molecule has 0 spiro atoms. The highest BCUT2D eigenvalue weighted by molar-refractivity contribution is 5.85. The van der Waals surface area contributed by atoms with Crippen molar-refractivity contribution in [2.75, 3.05) is 0 Å². The van der Waals surface area contributed by atoms with Crippen molar-refractivity contribution in [3.05, 3.63) is 34.9 Å². The van der Waals surface area contributed by atoms with E-state index in [1.807, 2.05) is 6.21 Å². The van der Waals surface area contributed by atoms with Crippen LogP contribution in [0.5, 0.6) is 0 Å². The molecule has 1 aliphatic rings. The van der Waals surface area contributed by atoms with Gasteiger partial charge in [-0.05, 0) is 25.0 Å². The molecule has 1 nitrogen and oxygen atoms in total. The monoisotopic (exact) mass is 145 g/mol. The molecule has 11 heavy (non-hydrogen) atoms. The molecule has 0 saturated heterocycles. The quantitative estimate of drug-likeness (QED) is 0.532. The van der Waals surface area contributed by atoms with Crippen molar-refractivity contribution in [3.8, 4) is 0 Å². The third-order valence-electron chi connectivity index (χ3n) is 2.13. The summed E-state index contributed by atoms with van der Waals surface area (Å²) in [5.41, 5.74) is 3.97. The van der Waals surface area contributed by atoms with E-state index >= 15 is 0 Å². The second kappa shape index (κ2) is 2.19. The molecule has 0 amide bonds. The number of aryl methyl sites for hydroxylation is 1. The summed E-state index contributed by atoms with van der Waals surface area (Å²) in [5.74, 6) is 0. The largest absolute Gasteiger partial charge is 0.285 e. The summed E-state index contributed by atoms with van der Waals surface area (Å²) in [7, 11) is 0. The van der Waals surface area contributed by atoms with E-state index in [9.17, 15) is 0 Å². The van der Waals surface area contributed by atoms with Crippen molar-refractivity contribution in [2.24, 2.45) is 4.99 Å². The van der Waals surface area contributed by atoms with Crippen LogP contribution in [0.3, 0.4) is 0 Å². The summed E-state index contributed by atoms with van der Waals surface area (Å²) in [6.07, 6.45) is 1.96. The van der Waals surface area contributed by atoms with Gasteiger partial charge in [0.25, 0.3) is 0 Å². The number of nitrogens with zero attached hydrogens (tertiary/aromatic N) is 1. The van der Waals surface area contributed by atoms with Crippen LogP contribution in [-0.2, 0) is 0 Å². The Morgan fingerprint density at radius 3 is 3.00 bits per heavy atom. The van der Waals surface area contributed by atoms with Crippen LogP contribution in [0.1, 0.15) is 29.7 Å². The van der Waals surface area contributed by atoms with Crippen molar-refractivity contribution in [1.82, 2.24) is 0 Å². The van der Waals surface area contributed by atoms with Gasteiger partial charge in [0, 0.05) is 6.21 Å². The highest BCUT2D eigenvalue weighted by atomic mass is 14.8. The lowest BCUT2D eigenvalue weighted by Crippen LogP contribution is -1.88. The molecule has 1 aliphatic heterocycles. The van der Waals surface area contributed by atoms with Crippen molar-refractivity contribution in [1.29, 1.82) is 0 Å². The van der Waals surface area contributed by atoms with Gasteiger partial charge in [-0.1, -0.05) is 23.8 Å². The third-order valence-corrected chi connectivity index (χ3v) is 2.13. The number of benzene rings is 1. The Morgan fingerprint density at radius 2 is 2.18 bits per heavy atom. The van der Waals surface area contributed by atoms with Crippen molar-refractivity contribution in [3.63, 3.8) is 0 Å². The molecule has 0 aliphatic carbocycles. The zero-order valence-corrected chi connectivity index (χ0v) is 6.83. The van der Waals surface area contributed by atoms with Gasteiger partial charge in [-0.25, -0.2) is 0 Å². The lowest BCUT2D eigenvalue weighted by Gasteiger charge is -2.03. The van der Waals surface area contributed by atoms with E-state index in [-0.39, 0.29) is 0 Å². The summed E-state index contributed by atoms with van der Waals surface area (Å²) in [6, 6.07) is 6.85. The predicted molar refractivity (Wildman–Crippen MR) is 47.2 cm³/mol. The zero-order chi connectivity index (χ0) is 7.84. The molecule has 56 valence electrons. The molecule has 1 unspecified atom stereocenters. The minimum Gasteiger partial charge on any atom is -0.285 e. The van der Waals surface area contributed by atoms with Gasteiger partial charge in [-0.3, -0.25) is 4.99 Å². The van der Waals surface area contributed by atoms with Gasteiger partial charge in [-0.15, -0.1) is 0 Å². The Labute approximate surface area is 66.8 Å². The molecule has 0 fully saturated rings. The standard InChI is InChI=1S/C10H11N/c1-7-3-4-9-6-11-8(2)10(9)5-7/h3-6,8H,1-2H3. The van der Waals surface area contributed by atoms with Crippen molar-refractivity contribution >= 4 is 6.21 Å². The fourth-order valence-corrected chi connectivity index (χ4v) is 1.45. The molecule has 1 heterocycles. The van der Waals surface area contributed by atoms with Crippen LogP contribution in [0.2, 0.25) is 0 Å². The van der Waals surface area contributed by atoms with Crippen LogP contribution in [0.4, 0.5) is 0 Å². The summed E-state index contributed by atoms with van der Waals surface area (Å²) in [5, 5.41) is 0. The molecule has 1 aromatic rings. The Bertz CT molecular complexity index is 313. The molecular weight excluding hydrogens is 134 g/mol. The zero-order valence-electron chi connectivity index (χ0n) is 6.83. The first kappa shape index (κ1) is 6.59. The van der Waals surface area contributed by atoms with Crippen LogP contribution in [-0.4, -0.2) is 6.21 Å². The normalized spacial score (nSPS) is 20.4. The Kier molecular flexibility index (Phi) is 1.31. The van der Waals surface area contributed by atoms with E-state index < -0.39 is 0 Å². The molecule has 0 saturated carbocycles. The van der Waals surface area contributed by atoms with E-state index in [1.54, 1.807) is 0 Å². The Morgan fingerprint density at radius 1 is 1.36 bits per heavy atom. The van der Waals surface area contributed by atoms with Crippen LogP contribution in [0.25, 0.3) is 0 Å². The molecule has 0 bridgehead atoms. The van der Waals surface area contributed by atoms with Crippen molar-refractivity contribution in [2.45, 2.75) is 19.9 Å². The maximum absolute atomic E-state index is 4.32. The molecule has 1 heteroatoms. The summed E-state index contributed by atoms with van der Waals surface area (Å²) in [4.78, 5) is 4.32. The first-order valence-electron chi connectivity index (χ1n) is 3.91. The molecule has 1 atom stereocenters. The predicted octanol–water partition coefficient (Wildman–Crippen LogP) is 2.49. The highest BCUT2D eigenvalue weighted by Crippen LogP contribution is 2.26. The molecule has 0 radical (unpaired) electrons. The SMILES string of the molecule is Cc1ccc2c(c1)C(C)N=C2. The van der Waals surface area contributed by atoms with Crippen LogP contribution >= 0.6 is 0 Å². The molecular formula is C10H11N. The second-order valence-electron chi connectivity index (χ2n) is 3.09. The number of aliphatic imine (C=N–C) groups is 1. The van der Waals surface area contributed by atoms with Gasteiger partial charge in [0.15, 0.2) is 0 Å². The summed E-state index contributed by atoms with van der Waals surface area (Å²) < 4.78 is 0. The molecule has 1 aromatic carbocycles. The van der Waals surface area contributed by atoms with Gasteiger partial charge in [0.2, 0.25) is 0 Å². The number of hydrogen-bond acceptors (Lipinski definition) is 1. The maximum atomic E-state index is 4.32. The summed E-state index contributed by atoms with van der Waals surface area (Å²) in [6.45, 7) is 4.24. The van der Waals surface area contributed by atoms with E-state index in [1.165, 1.54) is 16.7 Å². The minimum absolute atomic E-state index is 0.366. The second-order valence-corrected chi connectivity index (χ2v) is 3.09. The lowest BCUT2D eigenvalue weighted by atomic mass is 10.0. The van der Waals surface area contributed by atoms with Crippen LogP contribution < -0.4 is 0 Å². The van der Waals surface area contributed by atoms with Crippen LogP contribution in [0, 0.1) is 6.92 Å². The lowest BCUT2D eigenvalue weighted by molar-refractivity contribution is 0.843. The van der Waals surface area contributed by atoms with E-state index in [0.29, 0.717) is 6.04 Å². The molecule has 0 aromatic heterocycles. The van der Waals surface area contributed by atoms with Gasteiger partial charge in [-0.2, -0.15) is 0 Å². The van der Waals surface area contributed by atoms with Gasteiger partial charge in [0.05, 0.1) is 6.04 Å². The average molecular weight is 145 g/mol. The Balaban J connectivity index is 2.58. The van der Waals surface area contributed by atoms with E-state index in [2.05, 4.69) is 37.0 Å². The molecule has 2 rings (SSSR count). The van der Waals surface area contributed by atoms with E-state index in [0.717, 1.165) is 0 Å². The van der Waals surface area contributed by atoms with E-state index in [4.69, 9.17) is 0 Å². The Hall–Kier alpha value is -1.11. The third kappa shape index (κ3) is 0.967. The van der Waals surface area contributed by atoms with Crippen molar-refractivity contribution < 1.29 is 0 Å². The summed E-state index contributed by atoms with van der Waals surface area (Å²) >= 11 is 0. The fourth-order valence-electron chi connectivity index (χ4n) is 1.45. The van der Waals surface area contributed by atoms with Gasteiger partial charge in [0.1, 0.15) is 0 Å². The van der Waals surface area contributed by atoms with Gasteiger partial charge < -0.3 is 0 Å². The number of rotatable bonds is 0. The van der Waals surface area contributed by atoms with Crippen LogP contribution in [0.15, 0.2) is 23.2 Å².